The lowest BCUT2D eigenvalue weighted by atomic mass is 10.2. The lowest BCUT2D eigenvalue weighted by Crippen LogP contribution is -2.40. The third kappa shape index (κ3) is 3.42. The van der Waals surface area contributed by atoms with E-state index >= 15 is 0 Å². The molecule has 0 aliphatic carbocycles. The van der Waals surface area contributed by atoms with E-state index in [4.69, 9.17) is 5.11 Å². The number of benzene rings is 1. The molecule has 0 fully saturated rings. The molecule has 1 aromatic rings. The fraction of sp³-hybridized carbons (Fsp3) is 0.417. The number of carbonyl (C=O) groups excluding carboxylic acids is 1. The van der Waals surface area contributed by atoms with Crippen LogP contribution in [0.3, 0.4) is 0 Å². The molecule has 5 heteroatoms. The van der Waals surface area contributed by atoms with Crippen LogP contribution in [0.5, 0.6) is 0 Å². The summed E-state index contributed by atoms with van der Waals surface area (Å²) in [4.78, 5) is 13.0. The van der Waals surface area contributed by atoms with Crippen LogP contribution >= 0.6 is 0 Å². The molecule has 1 rings (SSSR count). The SMILES string of the molecule is Cc1ccc(F)c(NC(=O)N(C)C(C)CO)c1. The molecule has 94 valence electrons. The van der Waals surface area contributed by atoms with Crippen LogP contribution in [0.1, 0.15) is 12.5 Å². The number of nitrogens with zero attached hydrogens (tertiary/aromatic N) is 1. The maximum absolute atomic E-state index is 13.4. The van der Waals surface area contributed by atoms with Crippen molar-refractivity contribution in [3.63, 3.8) is 0 Å². The van der Waals surface area contributed by atoms with E-state index in [0.717, 1.165) is 5.56 Å². The molecule has 2 N–H and O–H groups in total. The number of aliphatic hydroxyl groups is 1. The Kier molecular flexibility index (Phi) is 4.45. The summed E-state index contributed by atoms with van der Waals surface area (Å²) >= 11 is 0. The summed E-state index contributed by atoms with van der Waals surface area (Å²) in [6.45, 7) is 3.38. The van der Waals surface area contributed by atoms with E-state index in [0.29, 0.717) is 0 Å². The number of amides is 2. The molecule has 0 heterocycles. The van der Waals surface area contributed by atoms with Crippen LogP contribution in [0.15, 0.2) is 18.2 Å². The zero-order chi connectivity index (χ0) is 13.0. The molecule has 0 radical (unpaired) electrons. The quantitative estimate of drug-likeness (QED) is 0.848. The van der Waals surface area contributed by atoms with E-state index in [1.54, 1.807) is 26.1 Å². The third-order valence-corrected chi connectivity index (χ3v) is 2.61. The molecule has 2 amide bonds. The van der Waals surface area contributed by atoms with Crippen LogP contribution in [-0.4, -0.2) is 35.7 Å². The van der Waals surface area contributed by atoms with Crippen LogP contribution in [-0.2, 0) is 0 Å². The number of likely N-dealkylation sites (N-methyl/N-ethyl adjacent to an activating group) is 1. The third-order valence-electron chi connectivity index (χ3n) is 2.61. The van der Waals surface area contributed by atoms with Gasteiger partial charge in [0.05, 0.1) is 18.3 Å². The summed E-state index contributed by atoms with van der Waals surface area (Å²) in [6, 6.07) is 3.73. The van der Waals surface area contributed by atoms with Gasteiger partial charge in [-0.25, -0.2) is 9.18 Å². The topological polar surface area (TPSA) is 52.6 Å². The first kappa shape index (κ1) is 13.4. The maximum Gasteiger partial charge on any atom is 0.321 e. The van der Waals surface area contributed by atoms with Gasteiger partial charge in [0.25, 0.3) is 0 Å². The Labute approximate surface area is 100 Å². The Morgan fingerprint density at radius 1 is 1.59 bits per heavy atom. The number of rotatable bonds is 3. The highest BCUT2D eigenvalue weighted by atomic mass is 19.1. The smallest absolute Gasteiger partial charge is 0.321 e. The molecular formula is C12H17FN2O2. The van der Waals surface area contributed by atoms with Gasteiger partial charge in [0.15, 0.2) is 0 Å². The summed E-state index contributed by atoms with van der Waals surface area (Å²) in [5.41, 5.74) is 1.01. The first-order valence-corrected chi connectivity index (χ1v) is 5.36. The minimum Gasteiger partial charge on any atom is -0.394 e. The second kappa shape index (κ2) is 5.63. The molecule has 0 aliphatic rings. The van der Waals surface area contributed by atoms with Crippen molar-refractivity contribution in [2.45, 2.75) is 19.9 Å². The van der Waals surface area contributed by atoms with Crippen LogP contribution in [0.4, 0.5) is 14.9 Å². The monoisotopic (exact) mass is 240 g/mol. The van der Waals surface area contributed by atoms with E-state index < -0.39 is 11.8 Å². The number of halogens is 1. The maximum atomic E-state index is 13.4. The highest BCUT2D eigenvalue weighted by Gasteiger charge is 2.16. The highest BCUT2D eigenvalue weighted by molar-refractivity contribution is 5.89. The Balaban J connectivity index is 2.77. The van der Waals surface area contributed by atoms with Gasteiger partial charge in [0.2, 0.25) is 0 Å². The van der Waals surface area contributed by atoms with Gasteiger partial charge in [-0.1, -0.05) is 6.07 Å². The minimum atomic E-state index is -0.478. The first-order chi connectivity index (χ1) is 7.95. The van der Waals surface area contributed by atoms with Crippen molar-refractivity contribution in [3.8, 4) is 0 Å². The first-order valence-electron chi connectivity index (χ1n) is 5.36. The Hall–Kier alpha value is -1.62. The lowest BCUT2D eigenvalue weighted by Gasteiger charge is -2.23. The predicted molar refractivity (Wildman–Crippen MR) is 64.5 cm³/mol. The van der Waals surface area contributed by atoms with Gasteiger partial charge in [-0.05, 0) is 31.5 Å². The second-order valence-electron chi connectivity index (χ2n) is 4.06. The van der Waals surface area contributed by atoms with Crippen LogP contribution in [0.25, 0.3) is 0 Å². The van der Waals surface area contributed by atoms with Gasteiger partial charge in [0, 0.05) is 7.05 Å². The second-order valence-corrected chi connectivity index (χ2v) is 4.06. The number of aryl methyl sites for hydroxylation is 1. The molecule has 1 atom stereocenters. The molecule has 1 unspecified atom stereocenters. The van der Waals surface area contributed by atoms with Crippen molar-refractivity contribution in [2.75, 3.05) is 19.0 Å². The van der Waals surface area contributed by atoms with Crippen molar-refractivity contribution in [1.29, 1.82) is 0 Å². The number of hydrogen-bond acceptors (Lipinski definition) is 2. The molecule has 4 nitrogen and oxygen atoms in total. The lowest BCUT2D eigenvalue weighted by molar-refractivity contribution is 0.166. The standard InChI is InChI=1S/C12H17FN2O2/c1-8-4-5-10(13)11(6-8)14-12(17)15(3)9(2)7-16/h4-6,9,16H,7H2,1-3H3,(H,14,17). The molecule has 1 aromatic carbocycles. The normalized spacial score (nSPS) is 12.1. The summed E-state index contributed by atoms with van der Waals surface area (Å²) in [7, 11) is 1.55. The van der Waals surface area contributed by atoms with E-state index in [-0.39, 0.29) is 18.3 Å². The zero-order valence-electron chi connectivity index (χ0n) is 10.2. The van der Waals surface area contributed by atoms with Gasteiger partial charge in [-0.2, -0.15) is 0 Å². The molecule has 0 saturated heterocycles. The fourth-order valence-electron chi connectivity index (χ4n) is 1.26. The Bertz CT molecular complexity index is 409. The molecule has 0 aliphatic heterocycles. The number of nitrogens with one attached hydrogen (secondary N) is 1. The molecule has 0 spiro atoms. The van der Waals surface area contributed by atoms with E-state index in [2.05, 4.69) is 5.32 Å². The number of aliphatic hydroxyl groups excluding tert-OH is 1. The molecule has 0 saturated carbocycles. The molecule has 0 aromatic heterocycles. The van der Waals surface area contributed by atoms with Crippen LogP contribution in [0.2, 0.25) is 0 Å². The largest absolute Gasteiger partial charge is 0.394 e. The Morgan fingerprint density at radius 2 is 2.24 bits per heavy atom. The summed E-state index contributed by atoms with van der Waals surface area (Å²) in [6.07, 6.45) is 0. The molecule has 17 heavy (non-hydrogen) atoms. The average molecular weight is 240 g/mol. The van der Waals surface area contributed by atoms with Crippen molar-refractivity contribution in [3.05, 3.63) is 29.6 Å². The number of urea groups is 1. The van der Waals surface area contributed by atoms with Crippen LogP contribution in [0, 0.1) is 12.7 Å². The number of hydrogen-bond donors (Lipinski definition) is 2. The molecular weight excluding hydrogens is 223 g/mol. The minimum absolute atomic E-state index is 0.139. The van der Waals surface area contributed by atoms with Gasteiger partial charge in [0.1, 0.15) is 5.82 Å². The number of anilines is 1. The summed E-state index contributed by atoms with van der Waals surface area (Å²) in [5, 5.41) is 11.4. The highest BCUT2D eigenvalue weighted by Crippen LogP contribution is 2.16. The van der Waals surface area contributed by atoms with Crippen LogP contribution < -0.4 is 5.32 Å². The van der Waals surface area contributed by atoms with Crippen molar-refractivity contribution < 1.29 is 14.3 Å². The van der Waals surface area contributed by atoms with Gasteiger partial charge in [-0.3, -0.25) is 0 Å². The average Bonchev–Trinajstić information content (AvgIpc) is 2.31. The van der Waals surface area contributed by atoms with E-state index in [9.17, 15) is 9.18 Å². The van der Waals surface area contributed by atoms with Crippen molar-refractivity contribution in [2.24, 2.45) is 0 Å². The van der Waals surface area contributed by atoms with Gasteiger partial charge in [-0.15, -0.1) is 0 Å². The summed E-state index contributed by atoms with van der Waals surface area (Å²) < 4.78 is 13.4. The van der Waals surface area contributed by atoms with E-state index in [1.807, 2.05) is 6.92 Å². The molecule has 0 bridgehead atoms. The van der Waals surface area contributed by atoms with Gasteiger partial charge < -0.3 is 15.3 Å². The van der Waals surface area contributed by atoms with Crippen molar-refractivity contribution >= 4 is 11.7 Å². The van der Waals surface area contributed by atoms with E-state index in [1.165, 1.54) is 11.0 Å². The van der Waals surface area contributed by atoms with Crippen molar-refractivity contribution in [1.82, 2.24) is 4.90 Å². The van der Waals surface area contributed by atoms with Gasteiger partial charge >= 0.3 is 6.03 Å². The predicted octanol–water partition coefficient (Wildman–Crippen LogP) is 1.98. The summed E-state index contributed by atoms with van der Waals surface area (Å²) in [5.74, 6) is -0.478. The Morgan fingerprint density at radius 3 is 2.82 bits per heavy atom. The number of carbonyl (C=O) groups is 1. The fourth-order valence-corrected chi connectivity index (χ4v) is 1.26. The zero-order valence-corrected chi connectivity index (χ0v) is 10.2.